The van der Waals surface area contributed by atoms with Crippen LogP contribution in [0.5, 0.6) is 0 Å². The third kappa shape index (κ3) is 3.24. The second kappa shape index (κ2) is 7.50. The average molecular weight is 414 g/mol. The summed E-state index contributed by atoms with van der Waals surface area (Å²) >= 11 is 1.69. The van der Waals surface area contributed by atoms with Gasteiger partial charge < -0.3 is 4.90 Å². The van der Waals surface area contributed by atoms with Crippen LogP contribution in [0.3, 0.4) is 0 Å². The number of imide groups is 2. The zero-order valence-electron chi connectivity index (χ0n) is 16.3. The lowest BCUT2D eigenvalue weighted by atomic mass is 10.0. The molecular weight excluding hydrogens is 388 g/mol. The molecule has 1 unspecified atom stereocenters. The number of carbonyl (C=O) groups excluding carboxylic acids is 3. The van der Waals surface area contributed by atoms with Crippen molar-refractivity contribution in [2.45, 2.75) is 57.0 Å². The number of amides is 4. The van der Waals surface area contributed by atoms with Crippen LogP contribution in [0.4, 0.5) is 4.79 Å². The molecule has 3 fully saturated rings. The highest BCUT2D eigenvalue weighted by Crippen LogP contribution is 2.30. The first kappa shape index (κ1) is 18.7. The van der Waals surface area contributed by atoms with Crippen LogP contribution in [0.25, 0.3) is 10.2 Å². The summed E-state index contributed by atoms with van der Waals surface area (Å²) in [6, 6.07) is 7.71. The van der Waals surface area contributed by atoms with Gasteiger partial charge in [0.1, 0.15) is 6.04 Å². The molecule has 0 radical (unpaired) electrons. The number of aromatic nitrogens is 1. The van der Waals surface area contributed by atoms with E-state index in [-0.39, 0.29) is 18.8 Å². The summed E-state index contributed by atoms with van der Waals surface area (Å²) in [6.07, 6.45) is 6.77. The van der Waals surface area contributed by atoms with Crippen molar-refractivity contribution in [3.05, 3.63) is 29.3 Å². The van der Waals surface area contributed by atoms with Crippen molar-refractivity contribution in [3.63, 3.8) is 0 Å². The Morgan fingerprint density at radius 2 is 1.76 bits per heavy atom. The molecule has 5 rings (SSSR count). The third-order valence-corrected chi connectivity index (χ3v) is 7.63. The molecule has 1 aliphatic carbocycles. The number of fused-ring (bicyclic) bond motifs is 1. The fraction of sp³-hybridized carbons (Fsp3) is 0.524. The fourth-order valence-corrected chi connectivity index (χ4v) is 6.12. The molecule has 2 aliphatic heterocycles. The first-order valence-corrected chi connectivity index (χ1v) is 11.3. The Morgan fingerprint density at radius 1 is 1.00 bits per heavy atom. The number of hydrogen-bond acceptors (Lipinski definition) is 5. The number of urea groups is 1. The van der Waals surface area contributed by atoms with Gasteiger partial charge in [-0.05, 0) is 37.8 Å². The Balaban J connectivity index is 1.38. The molecule has 7 nitrogen and oxygen atoms in total. The van der Waals surface area contributed by atoms with Gasteiger partial charge in [0.25, 0.3) is 0 Å². The fourth-order valence-electron chi connectivity index (χ4n) is 4.95. The molecule has 2 saturated heterocycles. The Morgan fingerprint density at radius 3 is 2.55 bits per heavy atom. The molecule has 0 spiro atoms. The standard InChI is InChI=1S/C21H24N4O3S/c26-19-20(27)25(14-7-1-2-8-14)21(28)24(19)13-23-12-6-5-10-16(23)18-22-15-9-3-4-11-17(15)29-18/h3-4,9,11,14,16H,1-2,5-8,10,12-13H2/p+1/t16-/m0/s1. The van der Waals surface area contributed by atoms with E-state index in [2.05, 4.69) is 6.07 Å². The van der Waals surface area contributed by atoms with E-state index in [0.717, 1.165) is 71.6 Å². The van der Waals surface area contributed by atoms with Crippen molar-refractivity contribution in [1.29, 1.82) is 0 Å². The van der Waals surface area contributed by atoms with Crippen LogP contribution >= 0.6 is 11.3 Å². The molecular formula is C21H25N4O3S+. The number of thiazole rings is 1. The maximum absolute atomic E-state index is 13.0. The molecule has 1 saturated carbocycles. The highest BCUT2D eigenvalue weighted by molar-refractivity contribution is 7.18. The second-order valence-corrected chi connectivity index (χ2v) is 9.33. The lowest BCUT2D eigenvalue weighted by Crippen LogP contribution is -3.14. The third-order valence-electron chi connectivity index (χ3n) is 6.48. The number of nitrogens with one attached hydrogen (secondary N) is 1. The van der Waals surface area contributed by atoms with Gasteiger partial charge in [-0.15, -0.1) is 11.3 Å². The summed E-state index contributed by atoms with van der Waals surface area (Å²) in [5.74, 6) is -1.31. The van der Waals surface area contributed by atoms with Crippen LogP contribution in [0.15, 0.2) is 24.3 Å². The van der Waals surface area contributed by atoms with Crippen LogP contribution < -0.4 is 4.90 Å². The largest absolute Gasteiger partial charge is 0.338 e. The van der Waals surface area contributed by atoms with Gasteiger partial charge in [0.05, 0.1) is 16.8 Å². The van der Waals surface area contributed by atoms with Crippen molar-refractivity contribution in [2.24, 2.45) is 0 Å². The van der Waals surface area contributed by atoms with Crippen molar-refractivity contribution < 1.29 is 19.3 Å². The van der Waals surface area contributed by atoms with Gasteiger partial charge in [-0.1, -0.05) is 25.0 Å². The molecule has 0 bridgehead atoms. The number of benzene rings is 1. The van der Waals surface area contributed by atoms with Gasteiger partial charge in [-0.25, -0.2) is 14.7 Å². The molecule has 2 aromatic rings. The molecule has 3 aliphatic rings. The molecule has 8 heteroatoms. The van der Waals surface area contributed by atoms with Crippen LogP contribution in [0.1, 0.15) is 56.0 Å². The predicted molar refractivity (Wildman–Crippen MR) is 108 cm³/mol. The van der Waals surface area contributed by atoms with E-state index in [1.165, 1.54) is 9.80 Å². The van der Waals surface area contributed by atoms with E-state index in [9.17, 15) is 14.4 Å². The van der Waals surface area contributed by atoms with E-state index in [1.54, 1.807) is 11.3 Å². The van der Waals surface area contributed by atoms with Gasteiger partial charge in [-0.2, -0.15) is 0 Å². The zero-order valence-corrected chi connectivity index (χ0v) is 17.1. The number of quaternary nitrogens is 1. The maximum atomic E-state index is 13.0. The van der Waals surface area contributed by atoms with E-state index in [0.29, 0.717) is 0 Å². The summed E-state index contributed by atoms with van der Waals surface area (Å²) < 4.78 is 1.16. The molecule has 2 atom stereocenters. The van der Waals surface area contributed by atoms with Crippen LogP contribution in [0, 0.1) is 0 Å². The summed E-state index contributed by atoms with van der Waals surface area (Å²) in [5, 5.41) is 1.05. The van der Waals surface area contributed by atoms with Gasteiger partial charge in [0.2, 0.25) is 0 Å². The predicted octanol–water partition coefficient (Wildman–Crippen LogP) is 2.10. The smallest absolute Gasteiger partial charge is 0.309 e. The molecule has 152 valence electrons. The van der Waals surface area contributed by atoms with Gasteiger partial charge in [0.15, 0.2) is 11.7 Å². The molecule has 1 aromatic carbocycles. The van der Waals surface area contributed by atoms with Crippen molar-refractivity contribution in [1.82, 2.24) is 14.8 Å². The minimum Gasteiger partial charge on any atom is -0.309 e. The number of rotatable bonds is 4. The number of carbonyl (C=O) groups is 3. The van der Waals surface area contributed by atoms with E-state index in [4.69, 9.17) is 4.98 Å². The Labute approximate surface area is 173 Å². The highest BCUT2D eigenvalue weighted by Gasteiger charge is 2.50. The highest BCUT2D eigenvalue weighted by atomic mass is 32.1. The summed E-state index contributed by atoms with van der Waals surface area (Å²) in [4.78, 5) is 46.5. The molecule has 1 aromatic heterocycles. The molecule has 29 heavy (non-hydrogen) atoms. The quantitative estimate of drug-likeness (QED) is 0.615. The van der Waals surface area contributed by atoms with E-state index >= 15 is 0 Å². The average Bonchev–Trinajstić information content (AvgIpc) is 3.45. The number of para-hydroxylation sites is 1. The number of piperidine rings is 1. The van der Waals surface area contributed by atoms with Crippen molar-refractivity contribution in [2.75, 3.05) is 13.2 Å². The second-order valence-electron chi connectivity index (χ2n) is 8.26. The van der Waals surface area contributed by atoms with Gasteiger partial charge >= 0.3 is 17.8 Å². The van der Waals surface area contributed by atoms with Crippen LogP contribution in [0.2, 0.25) is 0 Å². The Hall–Kier alpha value is -2.32. The van der Waals surface area contributed by atoms with Crippen LogP contribution in [-0.4, -0.2) is 51.9 Å². The number of likely N-dealkylation sites (tertiary alicyclic amines) is 1. The monoisotopic (exact) mass is 413 g/mol. The van der Waals surface area contributed by atoms with Crippen molar-refractivity contribution in [3.8, 4) is 0 Å². The minimum atomic E-state index is -0.664. The maximum Gasteiger partial charge on any atom is 0.338 e. The van der Waals surface area contributed by atoms with Crippen molar-refractivity contribution >= 4 is 39.4 Å². The SMILES string of the molecule is O=C1C(=O)N(C2CCCC2)C(=O)N1C[NH+]1CCCC[C@H]1c1nc2ccccc2s1. The first-order valence-electron chi connectivity index (χ1n) is 10.5. The summed E-state index contributed by atoms with van der Waals surface area (Å²) in [5.41, 5.74) is 0.994. The van der Waals surface area contributed by atoms with Crippen LogP contribution in [-0.2, 0) is 9.59 Å². The van der Waals surface area contributed by atoms with Gasteiger partial charge in [0, 0.05) is 12.5 Å². The molecule has 3 heterocycles. The molecule has 1 N–H and O–H groups in total. The lowest BCUT2D eigenvalue weighted by Gasteiger charge is -2.33. The molecule has 4 amide bonds. The topological polar surface area (TPSA) is 75.0 Å². The first-order chi connectivity index (χ1) is 14.1. The normalized spacial score (nSPS) is 26.3. The zero-order chi connectivity index (χ0) is 20.0. The number of hydrogen-bond donors (Lipinski definition) is 1. The van der Waals surface area contributed by atoms with E-state index < -0.39 is 17.8 Å². The summed E-state index contributed by atoms with van der Waals surface area (Å²) in [6.45, 7) is 1.11. The Bertz CT molecular complexity index is 935. The Kier molecular flexibility index (Phi) is 4.83. The number of nitrogens with zero attached hydrogens (tertiary/aromatic N) is 3. The summed E-state index contributed by atoms with van der Waals surface area (Å²) in [7, 11) is 0. The van der Waals surface area contributed by atoms with Gasteiger partial charge in [-0.3, -0.25) is 14.5 Å². The lowest BCUT2D eigenvalue weighted by molar-refractivity contribution is -0.943. The minimum absolute atomic E-state index is 0.111. The van der Waals surface area contributed by atoms with E-state index in [1.807, 2.05) is 18.2 Å².